The van der Waals surface area contributed by atoms with Gasteiger partial charge in [0.1, 0.15) is 24.1 Å². The predicted octanol–water partition coefficient (Wildman–Crippen LogP) is -0.171. The number of hydrogen-bond acceptors (Lipinski definition) is 9. The highest BCUT2D eigenvalue weighted by Gasteiger charge is 2.50. The van der Waals surface area contributed by atoms with Gasteiger partial charge in [0.2, 0.25) is 11.7 Å². The summed E-state index contributed by atoms with van der Waals surface area (Å²) in [7, 11) is -4.86. The third-order valence-electron chi connectivity index (χ3n) is 3.81. The van der Waals surface area contributed by atoms with Crippen molar-refractivity contribution < 1.29 is 37.8 Å². The second-order valence-electron chi connectivity index (χ2n) is 5.75. The Morgan fingerprint density at radius 3 is 2.41 bits per heavy atom. The zero-order chi connectivity index (χ0) is 19.8. The van der Waals surface area contributed by atoms with Gasteiger partial charge in [0.05, 0.1) is 16.9 Å². The molecule has 1 saturated heterocycles. The molecule has 2 aromatic heterocycles. The summed E-state index contributed by atoms with van der Waals surface area (Å²) in [4.78, 5) is 8.09. The molecule has 12 heteroatoms. The van der Waals surface area contributed by atoms with Gasteiger partial charge >= 0.3 is 0 Å². The maximum atomic E-state index is 11.3. The zero-order valence-corrected chi connectivity index (χ0v) is 15.0. The lowest BCUT2D eigenvalue weighted by Crippen LogP contribution is -2.61. The first-order chi connectivity index (χ1) is 12.7. The van der Waals surface area contributed by atoms with Gasteiger partial charge in [-0.25, -0.2) is 0 Å². The smallest absolute Gasteiger partial charge is 0.295 e. The largest absolute Gasteiger partial charge is 0.460 e. The molecule has 4 N–H and O–H groups in total. The van der Waals surface area contributed by atoms with Gasteiger partial charge in [0.15, 0.2) is 0 Å². The molecule has 27 heavy (non-hydrogen) atoms. The molecule has 1 fully saturated rings. The van der Waals surface area contributed by atoms with E-state index in [0.29, 0.717) is 16.3 Å². The van der Waals surface area contributed by atoms with Gasteiger partial charge in [0.25, 0.3) is 10.1 Å². The molecule has 0 aromatic carbocycles. The molecule has 0 amide bonds. The number of rotatable bonds is 4. The zero-order valence-electron chi connectivity index (χ0n) is 13.5. The van der Waals surface area contributed by atoms with E-state index in [4.69, 9.17) is 25.6 Å². The average molecular weight is 419 g/mol. The molecule has 0 radical (unpaired) electrons. The van der Waals surface area contributed by atoms with E-state index in [2.05, 4.69) is 9.97 Å². The van der Waals surface area contributed by atoms with Gasteiger partial charge in [-0.3, -0.25) is 14.5 Å². The molecule has 10 nitrogen and oxygen atoms in total. The van der Waals surface area contributed by atoms with E-state index in [1.807, 2.05) is 0 Å². The Bertz CT molecular complexity index is 910. The Hall–Kier alpha value is -1.86. The van der Waals surface area contributed by atoms with Crippen molar-refractivity contribution in [3.8, 4) is 17.0 Å². The minimum Gasteiger partial charge on any atom is -0.460 e. The second kappa shape index (κ2) is 7.64. The molecule has 3 rings (SSSR count). The van der Waals surface area contributed by atoms with Crippen LogP contribution in [0.2, 0.25) is 5.02 Å². The van der Waals surface area contributed by atoms with Gasteiger partial charge in [-0.1, -0.05) is 11.6 Å². The van der Waals surface area contributed by atoms with Crippen molar-refractivity contribution in [3.05, 3.63) is 41.8 Å². The van der Waals surface area contributed by atoms with E-state index in [0.717, 1.165) is 0 Å². The van der Waals surface area contributed by atoms with E-state index < -0.39 is 40.2 Å². The fourth-order valence-corrected chi connectivity index (χ4v) is 3.41. The van der Waals surface area contributed by atoms with Crippen LogP contribution in [0.5, 0.6) is 5.75 Å². The Labute approximate surface area is 158 Å². The number of aliphatic hydroxyl groups excluding tert-OH is 3. The van der Waals surface area contributed by atoms with Gasteiger partial charge in [-0.2, -0.15) is 8.42 Å². The molecular formula is C15H15ClN2O8S. The normalized spacial score (nSPS) is 28.7. The highest BCUT2D eigenvalue weighted by Crippen LogP contribution is 2.27. The van der Waals surface area contributed by atoms with Crippen molar-refractivity contribution >= 4 is 21.7 Å². The molecule has 0 aliphatic carbocycles. The fraction of sp³-hybridized carbons (Fsp3) is 0.333. The molecule has 1 unspecified atom stereocenters. The van der Waals surface area contributed by atoms with Crippen molar-refractivity contribution in [2.75, 3.05) is 0 Å². The Morgan fingerprint density at radius 2 is 1.81 bits per heavy atom. The van der Waals surface area contributed by atoms with E-state index in [9.17, 15) is 23.7 Å². The molecule has 146 valence electrons. The Morgan fingerprint density at radius 1 is 1.07 bits per heavy atom. The topological polar surface area (TPSA) is 159 Å². The summed E-state index contributed by atoms with van der Waals surface area (Å²) in [6.45, 7) is 0. The first-order valence-corrected chi connectivity index (χ1v) is 9.44. The van der Waals surface area contributed by atoms with Crippen molar-refractivity contribution in [1.82, 2.24) is 9.97 Å². The van der Waals surface area contributed by atoms with Crippen LogP contribution in [-0.4, -0.2) is 68.3 Å². The monoisotopic (exact) mass is 418 g/mol. The number of hydrogen-bond donors (Lipinski definition) is 4. The first-order valence-electron chi connectivity index (χ1n) is 7.56. The molecule has 0 bridgehead atoms. The Balaban J connectivity index is 1.78. The van der Waals surface area contributed by atoms with Crippen LogP contribution in [0.3, 0.4) is 0 Å². The molecule has 3 heterocycles. The summed E-state index contributed by atoms with van der Waals surface area (Å²) in [6.07, 6.45) is -3.12. The predicted molar refractivity (Wildman–Crippen MR) is 91.3 cm³/mol. The van der Waals surface area contributed by atoms with Gasteiger partial charge < -0.3 is 24.8 Å². The fourth-order valence-electron chi connectivity index (χ4n) is 2.47. The van der Waals surface area contributed by atoms with Crippen LogP contribution in [0.15, 0.2) is 36.8 Å². The van der Waals surface area contributed by atoms with Crippen LogP contribution >= 0.6 is 11.6 Å². The van der Waals surface area contributed by atoms with E-state index in [1.165, 1.54) is 18.5 Å². The van der Waals surface area contributed by atoms with Crippen LogP contribution in [0, 0.1) is 0 Å². The summed E-state index contributed by atoms with van der Waals surface area (Å²) < 4.78 is 41.8. The van der Waals surface area contributed by atoms with E-state index in [1.54, 1.807) is 18.3 Å². The van der Waals surface area contributed by atoms with Crippen LogP contribution in [0.4, 0.5) is 0 Å². The van der Waals surface area contributed by atoms with Crippen LogP contribution in [0.25, 0.3) is 11.3 Å². The minimum absolute atomic E-state index is 0.0791. The highest BCUT2D eigenvalue weighted by molar-refractivity contribution is 7.86. The number of aromatic nitrogens is 2. The summed E-state index contributed by atoms with van der Waals surface area (Å²) in [5, 5.41) is 29.8. The molecule has 0 spiro atoms. The standard InChI is InChI=1S/C15H15ClN2O8S/c16-8-3-7(4-17-5-8)10-2-1-9(6-18-10)25-14-12(20)11(19)13(21)15(26-14)27(22,23)24/h1-6,11-15,19-21H,(H,22,23,24)/t11-,12-,13+,14-,15?/m1/s1. The minimum atomic E-state index is -4.86. The molecule has 2 aromatic rings. The third-order valence-corrected chi connectivity index (χ3v) is 4.99. The van der Waals surface area contributed by atoms with Crippen molar-refractivity contribution in [2.45, 2.75) is 30.0 Å². The summed E-state index contributed by atoms with van der Waals surface area (Å²) in [5.74, 6) is 0.0791. The SMILES string of the molecule is O=S(=O)(O)C1O[C@@H](Oc2ccc(-c3cncc(Cl)c3)nc2)[C@H](O)[C@@H](O)[C@@H]1O. The van der Waals surface area contributed by atoms with Gasteiger partial charge in [-0.15, -0.1) is 0 Å². The maximum absolute atomic E-state index is 11.3. The van der Waals surface area contributed by atoms with Crippen LogP contribution < -0.4 is 4.74 Å². The average Bonchev–Trinajstić information content (AvgIpc) is 2.62. The lowest BCUT2D eigenvalue weighted by molar-refractivity contribution is -0.254. The number of halogens is 1. The molecule has 1 aliphatic rings. The van der Waals surface area contributed by atoms with Crippen LogP contribution in [0.1, 0.15) is 0 Å². The van der Waals surface area contributed by atoms with Crippen LogP contribution in [-0.2, 0) is 14.9 Å². The number of pyridine rings is 2. The van der Waals surface area contributed by atoms with Gasteiger partial charge in [-0.05, 0) is 18.2 Å². The molecule has 5 atom stereocenters. The van der Waals surface area contributed by atoms with Crippen molar-refractivity contribution in [2.24, 2.45) is 0 Å². The number of nitrogens with zero attached hydrogens (tertiary/aromatic N) is 2. The third kappa shape index (κ3) is 4.35. The molecule has 1 aliphatic heterocycles. The molecular weight excluding hydrogens is 404 g/mol. The Kier molecular flexibility index (Phi) is 5.63. The lowest BCUT2D eigenvalue weighted by Gasteiger charge is -2.38. The maximum Gasteiger partial charge on any atom is 0.295 e. The first kappa shape index (κ1) is 19.9. The summed E-state index contributed by atoms with van der Waals surface area (Å²) in [5.41, 5.74) is -1.01. The van der Waals surface area contributed by atoms with Crippen molar-refractivity contribution in [1.29, 1.82) is 0 Å². The van der Waals surface area contributed by atoms with Gasteiger partial charge in [0, 0.05) is 18.0 Å². The second-order valence-corrected chi connectivity index (χ2v) is 7.68. The highest BCUT2D eigenvalue weighted by atomic mass is 35.5. The van der Waals surface area contributed by atoms with E-state index >= 15 is 0 Å². The summed E-state index contributed by atoms with van der Waals surface area (Å²) in [6, 6.07) is 4.67. The van der Waals surface area contributed by atoms with E-state index in [-0.39, 0.29) is 5.75 Å². The summed E-state index contributed by atoms with van der Waals surface area (Å²) >= 11 is 5.87. The molecule has 0 saturated carbocycles. The number of aliphatic hydroxyl groups is 3. The lowest BCUT2D eigenvalue weighted by atomic mass is 10.1. The quantitative estimate of drug-likeness (QED) is 0.491. The number of ether oxygens (including phenoxy) is 2. The van der Waals surface area contributed by atoms with Crippen molar-refractivity contribution in [3.63, 3.8) is 0 Å².